The maximum Gasteiger partial charge on any atom is 0.319 e. The van der Waals surface area contributed by atoms with E-state index in [-0.39, 0.29) is 11.1 Å². The number of aromatic nitrogens is 1. The van der Waals surface area contributed by atoms with Crippen molar-refractivity contribution in [1.29, 1.82) is 0 Å². The predicted octanol–water partition coefficient (Wildman–Crippen LogP) is 1.82. The molecule has 1 aromatic rings. The minimum absolute atomic E-state index is 0.0669. The molecule has 2 heterocycles. The number of urea groups is 1. The average molecular weight is 329 g/mol. The topological polar surface area (TPSA) is 74.3 Å². The van der Waals surface area contributed by atoms with Gasteiger partial charge in [-0.25, -0.2) is 9.78 Å². The molecule has 1 aromatic heterocycles. The third-order valence-electron chi connectivity index (χ3n) is 3.05. The van der Waals surface area contributed by atoms with Crippen LogP contribution in [0.1, 0.15) is 6.92 Å². The highest BCUT2D eigenvalue weighted by Crippen LogP contribution is 2.17. The van der Waals surface area contributed by atoms with Crippen LogP contribution in [0.4, 0.5) is 10.5 Å². The molecule has 114 valence electrons. The van der Waals surface area contributed by atoms with Crippen LogP contribution in [0.3, 0.4) is 0 Å². The molecule has 0 saturated carbocycles. The van der Waals surface area contributed by atoms with Gasteiger partial charge in [-0.2, -0.15) is 11.8 Å². The molecule has 0 aromatic carbocycles. The Hall–Kier alpha value is -1.47. The van der Waals surface area contributed by atoms with Crippen molar-refractivity contribution in [2.75, 3.05) is 29.9 Å². The standard InChI is InChI=1S/C13H17ClN4O2S/c1-9(12(19)18-5-7-21-8-6-18)16-13(20)17-10-3-2-4-15-11(10)14/h2-4,9H,5-8H2,1H3,(H2,16,17,20). The van der Waals surface area contributed by atoms with E-state index in [1.54, 1.807) is 24.0 Å². The molecular weight excluding hydrogens is 312 g/mol. The summed E-state index contributed by atoms with van der Waals surface area (Å²) in [5.41, 5.74) is 0.408. The molecule has 0 bridgehead atoms. The number of pyridine rings is 1. The molecule has 21 heavy (non-hydrogen) atoms. The monoisotopic (exact) mass is 328 g/mol. The first-order chi connectivity index (χ1) is 10.1. The van der Waals surface area contributed by atoms with Crippen LogP contribution >= 0.6 is 23.4 Å². The molecule has 1 aliphatic rings. The summed E-state index contributed by atoms with van der Waals surface area (Å²) in [6.07, 6.45) is 1.53. The van der Waals surface area contributed by atoms with Gasteiger partial charge in [0.15, 0.2) is 5.15 Å². The van der Waals surface area contributed by atoms with Crippen LogP contribution in [0.5, 0.6) is 0 Å². The van der Waals surface area contributed by atoms with Gasteiger partial charge < -0.3 is 15.5 Å². The van der Waals surface area contributed by atoms with E-state index in [1.165, 1.54) is 6.20 Å². The molecule has 1 aliphatic heterocycles. The minimum Gasteiger partial charge on any atom is -0.339 e. The molecule has 0 radical (unpaired) electrons. The quantitative estimate of drug-likeness (QED) is 0.830. The second-order valence-electron chi connectivity index (χ2n) is 4.60. The Balaban J connectivity index is 1.87. The van der Waals surface area contributed by atoms with Crippen LogP contribution in [0.2, 0.25) is 5.15 Å². The third kappa shape index (κ3) is 4.50. The Bertz CT molecular complexity index is 523. The lowest BCUT2D eigenvalue weighted by atomic mass is 10.3. The Morgan fingerprint density at radius 3 is 2.81 bits per heavy atom. The fourth-order valence-corrected chi connectivity index (χ4v) is 3.02. The Labute approximate surface area is 132 Å². The zero-order valence-corrected chi connectivity index (χ0v) is 13.2. The number of halogens is 1. The number of hydrogen-bond donors (Lipinski definition) is 2. The molecule has 2 rings (SSSR count). The molecule has 6 nitrogen and oxygen atoms in total. The van der Waals surface area contributed by atoms with Crippen molar-refractivity contribution in [3.05, 3.63) is 23.5 Å². The summed E-state index contributed by atoms with van der Waals surface area (Å²) < 4.78 is 0. The second kappa shape index (κ2) is 7.51. The third-order valence-corrected chi connectivity index (χ3v) is 4.29. The summed E-state index contributed by atoms with van der Waals surface area (Å²) in [6, 6.07) is 2.26. The van der Waals surface area contributed by atoms with Crippen LogP contribution < -0.4 is 10.6 Å². The molecular formula is C13H17ClN4O2S. The number of anilines is 1. The highest BCUT2D eigenvalue weighted by atomic mass is 35.5. The van der Waals surface area contributed by atoms with Crippen molar-refractivity contribution >= 4 is 41.0 Å². The fourth-order valence-electron chi connectivity index (χ4n) is 1.95. The van der Waals surface area contributed by atoms with Gasteiger partial charge in [0.25, 0.3) is 0 Å². The maximum atomic E-state index is 12.2. The molecule has 0 spiro atoms. The van der Waals surface area contributed by atoms with Gasteiger partial charge >= 0.3 is 6.03 Å². The first-order valence-corrected chi connectivity index (χ1v) is 8.16. The van der Waals surface area contributed by atoms with E-state index in [4.69, 9.17) is 11.6 Å². The normalized spacial score (nSPS) is 16.2. The van der Waals surface area contributed by atoms with Crippen LogP contribution in [0.15, 0.2) is 18.3 Å². The average Bonchev–Trinajstić information content (AvgIpc) is 2.49. The van der Waals surface area contributed by atoms with E-state index < -0.39 is 12.1 Å². The van der Waals surface area contributed by atoms with E-state index >= 15 is 0 Å². The van der Waals surface area contributed by atoms with Crippen molar-refractivity contribution in [1.82, 2.24) is 15.2 Å². The molecule has 1 unspecified atom stereocenters. The van der Waals surface area contributed by atoms with Gasteiger partial charge in [0.1, 0.15) is 6.04 Å². The summed E-state index contributed by atoms with van der Waals surface area (Å²) >= 11 is 7.69. The number of carbonyl (C=O) groups is 2. The molecule has 1 fully saturated rings. The summed E-state index contributed by atoms with van der Waals surface area (Å²) in [6.45, 7) is 3.13. The van der Waals surface area contributed by atoms with E-state index in [9.17, 15) is 9.59 Å². The zero-order valence-electron chi connectivity index (χ0n) is 11.6. The number of thioether (sulfide) groups is 1. The van der Waals surface area contributed by atoms with Crippen LogP contribution in [-0.2, 0) is 4.79 Å². The largest absolute Gasteiger partial charge is 0.339 e. The summed E-state index contributed by atoms with van der Waals surface area (Å²) in [4.78, 5) is 29.7. The Kier molecular flexibility index (Phi) is 5.69. The lowest BCUT2D eigenvalue weighted by molar-refractivity contribution is -0.132. The van der Waals surface area contributed by atoms with Gasteiger partial charge in [-0.3, -0.25) is 4.79 Å². The van der Waals surface area contributed by atoms with Gasteiger partial charge in [-0.15, -0.1) is 0 Å². The van der Waals surface area contributed by atoms with Crippen molar-refractivity contribution in [3.8, 4) is 0 Å². The number of hydrogen-bond acceptors (Lipinski definition) is 4. The van der Waals surface area contributed by atoms with E-state index in [0.717, 1.165) is 24.6 Å². The van der Waals surface area contributed by atoms with Crippen molar-refractivity contribution < 1.29 is 9.59 Å². The van der Waals surface area contributed by atoms with Gasteiger partial charge in [0.05, 0.1) is 5.69 Å². The number of carbonyl (C=O) groups excluding carboxylic acids is 2. The number of nitrogens with one attached hydrogen (secondary N) is 2. The maximum absolute atomic E-state index is 12.2. The van der Waals surface area contributed by atoms with E-state index in [1.807, 2.05) is 11.8 Å². The van der Waals surface area contributed by atoms with E-state index in [2.05, 4.69) is 15.6 Å². The van der Waals surface area contributed by atoms with Gasteiger partial charge in [0, 0.05) is 30.8 Å². The molecule has 8 heteroatoms. The molecule has 2 N–H and O–H groups in total. The van der Waals surface area contributed by atoms with Crippen LogP contribution in [-0.4, -0.2) is 52.5 Å². The summed E-state index contributed by atoms with van der Waals surface area (Å²) in [5, 5.41) is 5.41. The predicted molar refractivity (Wildman–Crippen MR) is 84.8 cm³/mol. The van der Waals surface area contributed by atoms with Crippen LogP contribution in [0, 0.1) is 0 Å². The van der Waals surface area contributed by atoms with E-state index in [0.29, 0.717) is 5.69 Å². The van der Waals surface area contributed by atoms with Gasteiger partial charge in [-0.1, -0.05) is 11.6 Å². The van der Waals surface area contributed by atoms with Crippen molar-refractivity contribution in [2.24, 2.45) is 0 Å². The highest BCUT2D eigenvalue weighted by Gasteiger charge is 2.23. The van der Waals surface area contributed by atoms with Gasteiger partial charge in [-0.05, 0) is 19.1 Å². The zero-order chi connectivity index (χ0) is 15.2. The van der Waals surface area contributed by atoms with Gasteiger partial charge in [0.2, 0.25) is 5.91 Å². The first kappa shape index (κ1) is 15.9. The SMILES string of the molecule is CC(NC(=O)Nc1cccnc1Cl)C(=O)N1CCSCC1. The lowest BCUT2D eigenvalue weighted by Gasteiger charge is -2.29. The highest BCUT2D eigenvalue weighted by molar-refractivity contribution is 7.99. The first-order valence-electron chi connectivity index (χ1n) is 6.62. The minimum atomic E-state index is -0.580. The molecule has 1 atom stereocenters. The van der Waals surface area contributed by atoms with Crippen LogP contribution in [0.25, 0.3) is 0 Å². The number of nitrogens with zero attached hydrogens (tertiary/aromatic N) is 2. The molecule has 0 aliphatic carbocycles. The van der Waals surface area contributed by atoms with Crippen molar-refractivity contribution in [2.45, 2.75) is 13.0 Å². The fraction of sp³-hybridized carbons (Fsp3) is 0.462. The number of amides is 3. The Morgan fingerprint density at radius 1 is 1.43 bits per heavy atom. The smallest absolute Gasteiger partial charge is 0.319 e. The van der Waals surface area contributed by atoms with Crippen molar-refractivity contribution in [3.63, 3.8) is 0 Å². The summed E-state index contributed by atoms with van der Waals surface area (Å²) in [5.74, 6) is 1.81. The Morgan fingerprint density at radius 2 is 2.14 bits per heavy atom. The number of rotatable bonds is 3. The molecule has 3 amide bonds. The molecule has 1 saturated heterocycles. The summed E-state index contributed by atoms with van der Waals surface area (Å²) in [7, 11) is 0. The second-order valence-corrected chi connectivity index (χ2v) is 6.18. The lowest BCUT2D eigenvalue weighted by Crippen LogP contribution is -2.50.